The Morgan fingerprint density at radius 2 is 2.17 bits per heavy atom. The summed E-state index contributed by atoms with van der Waals surface area (Å²) in [5.74, 6) is -0.0992. The molecule has 1 amide bonds. The Balaban J connectivity index is 1.59. The van der Waals surface area contributed by atoms with Crippen LogP contribution in [-0.4, -0.2) is 40.1 Å². The Bertz CT molecular complexity index is 760. The Morgan fingerprint density at radius 3 is 2.83 bits per heavy atom. The third-order valence-electron chi connectivity index (χ3n) is 5.21. The molecule has 0 radical (unpaired) electrons. The second kappa shape index (κ2) is 6.14. The SMILES string of the molecule is O=C(c1ccc(=O)[nH]n1)N(Cc1ccsc1)[C@H]1CC12CCNCC2. The molecule has 3 heterocycles. The minimum Gasteiger partial charge on any atom is -0.329 e. The van der Waals surface area contributed by atoms with Crippen LogP contribution in [0.4, 0.5) is 0 Å². The van der Waals surface area contributed by atoms with E-state index < -0.39 is 0 Å². The number of aromatic amines is 1. The monoisotopic (exact) mass is 344 g/mol. The number of nitrogens with zero attached hydrogens (tertiary/aromatic N) is 2. The summed E-state index contributed by atoms with van der Waals surface area (Å²) in [6.45, 7) is 2.64. The van der Waals surface area contributed by atoms with Crippen LogP contribution in [0, 0.1) is 5.41 Å². The molecule has 2 aliphatic rings. The first-order valence-corrected chi connectivity index (χ1v) is 9.21. The fourth-order valence-corrected chi connectivity index (χ4v) is 4.40. The summed E-state index contributed by atoms with van der Waals surface area (Å²) in [5.41, 5.74) is 1.42. The first kappa shape index (κ1) is 15.5. The highest BCUT2D eigenvalue weighted by Crippen LogP contribution is 2.56. The molecule has 1 aliphatic heterocycles. The van der Waals surface area contributed by atoms with E-state index in [2.05, 4.69) is 27.0 Å². The van der Waals surface area contributed by atoms with E-state index in [4.69, 9.17) is 0 Å². The molecule has 2 N–H and O–H groups in total. The molecule has 24 heavy (non-hydrogen) atoms. The highest BCUT2D eigenvalue weighted by Gasteiger charge is 2.57. The molecule has 0 bridgehead atoms. The Hall–Kier alpha value is -1.99. The van der Waals surface area contributed by atoms with Gasteiger partial charge in [-0.15, -0.1) is 0 Å². The van der Waals surface area contributed by atoms with Gasteiger partial charge in [-0.25, -0.2) is 5.10 Å². The minimum absolute atomic E-state index is 0.0992. The molecule has 1 saturated carbocycles. The second-order valence-electron chi connectivity index (χ2n) is 6.70. The Morgan fingerprint density at radius 1 is 1.33 bits per heavy atom. The van der Waals surface area contributed by atoms with Gasteiger partial charge in [0.15, 0.2) is 0 Å². The number of carbonyl (C=O) groups is 1. The van der Waals surface area contributed by atoms with Crippen molar-refractivity contribution in [1.29, 1.82) is 0 Å². The van der Waals surface area contributed by atoms with E-state index >= 15 is 0 Å². The topological polar surface area (TPSA) is 78.1 Å². The number of thiophene rings is 1. The lowest BCUT2D eigenvalue weighted by molar-refractivity contribution is 0.0685. The largest absolute Gasteiger partial charge is 0.329 e. The van der Waals surface area contributed by atoms with Gasteiger partial charge in [0.25, 0.3) is 11.5 Å². The van der Waals surface area contributed by atoms with E-state index in [1.165, 1.54) is 12.1 Å². The number of carbonyl (C=O) groups excluding carboxylic acids is 1. The van der Waals surface area contributed by atoms with Crippen LogP contribution in [0.3, 0.4) is 0 Å². The summed E-state index contributed by atoms with van der Waals surface area (Å²) >= 11 is 1.64. The number of rotatable bonds is 4. The lowest BCUT2D eigenvalue weighted by atomic mass is 9.93. The molecule has 126 valence electrons. The van der Waals surface area contributed by atoms with Gasteiger partial charge in [0.1, 0.15) is 5.69 Å². The van der Waals surface area contributed by atoms with E-state index in [0.717, 1.165) is 37.9 Å². The molecule has 0 aromatic carbocycles. The van der Waals surface area contributed by atoms with Gasteiger partial charge in [0, 0.05) is 18.7 Å². The van der Waals surface area contributed by atoms with Gasteiger partial charge < -0.3 is 10.2 Å². The first-order valence-electron chi connectivity index (χ1n) is 8.26. The molecule has 2 aromatic rings. The molecule has 2 fully saturated rings. The van der Waals surface area contributed by atoms with Crippen molar-refractivity contribution in [2.45, 2.75) is 31.8 Å². The van der Waals surface area contributed by atoms with Crippen molar-refractivity contribution < 1.29 is 4.79 Å². The van der Waals surface area contributed by atoms with E-state index in [0.29, 0.717) is 12.2 Å². The summed E-state index contributed by atoms with van der Waals surface area (Å²) in [4.78, 5) is 26.2. The summed E-state index contributed by atoms with van der Waals surface area (Å²) in [5, 5.41) is 13.8. The Labute approximate surface area is 143 Å². The van der Waals surface area contributed by atoms with Gasteiger partial charge in [-0.1, -0.05) is 0 Å². The first-order chi connectivity index (χ1) is 11.7. The molecular weight excluding hydrogens is 324 g/mol. The quantitative estimate of drug-likeness (QED) is 0.883. The van der Waals surface area contributed by atoms with Crippen molar-refractivity contribution in [3.63, 3.8) is 0 Å². The van der Waals surface area contributed by atoms with Crippen LogP contribution < -0.4 is 10.9 Å². The van der Waals surface area contributed by atoms with Gasteiger partial charge >= 0.3 is 0 Å². The third kappa shape index (κ3) is 2.89. The summed E-state index contributed by atoms with van der Waals surface area (Å²) < 4.78 is 0. The summed E-state index contributed by atoms with van der Waals surface area (Å²) in [7, 11) is 0. The summed E-state index contributed by atoms with van der Waals surface area (Å²) in [6, 6.07) is 5.19. The van der Waals surface area contributed by atoms with Crippen LogP contribution in [0.25, 0.3) is 0 Å². The van der Waals surface area contributed by atoms with Crippen molar-refractivity contribution in [2.75, 3.05) is 13.1 Å². The van der Waals surface area contributed by atoms with E-state index in [1.54, 1.807) is 11.3 Å². The molecule has 4 rings (SSSR count). The smallest absolute Gasteiger partial charge is 0.274 e. The number of hydrogen-bond donors (Lipinski definition) is 2. The van der Waals surface area contributed by atoms with E-state index in [9.17, 15) is 9.59 Å². The van der Waals surface area contributed by atoms with Crippen molar-refractivity contribution >= 4 is 17.2 Å². The van der Waals surface area contributed by atoms with Gasteiger partial charge in [-0.2, -0.15) is 16.4 Å². The van der Waals surface area contributed by atoms with Gasteiger partial charge in [-0.3, -0.25) is 9.59 Å². The third-order valence-corrected chi connectivity index (χ3v) is 5.95. The number of nitrogens with one attached hydrogen (secondary N) is 2. The van der Waals surface area contributed by atoms with Crippen LogP contribution in [-0.2, 0) is 6.54 Å². The van der Waals surface area contributed by atoms with Crippen LogP contribution in [0.15, 0.2) is 33.8 Å². The summed E-state index contributed by atoms with van der Waals surface area (Å²) in [6.07, 6.45) is 3.29. The molecule has 0 unspecified atom stereocenters. The van der Waals surface area contributed by atoms with Crippen molar-refractivity contribution in [3.8, 4) is 0 Å². The lowest BCUT2D eigenvalue weighted by Crippen LogP contribution is -2.39. The molecule has 7 heteroatoms. The van der Waals surface area contributed by atoms with Gasteiger partial charge in [0.05, 0.1) is 0 Å². The molecule has 6 nitrogen and oxygen atoms in total. The zero-order chi connectivity index (χ0) is 16.6. The normalized spacial score (nSPS) is 21.6. The van der Waals surface area contributed by atoms with Gasteiger partial charge in [-0.05, 0) is 66.2 Å². The predicted octanol–water partition coefficient (Wildman–Crippen LogP) is 1.62. The number of amides is 1. The molecule has 1 aliphatic carbocycles. The van der Waals surface area contributed by atoms with Crippen LogP contribution in [0.1, 0.15) is 35.3 Å². The van der Waals surface area contributed by atoms with E-state index in [1.807, 2.05) is 10.3 Å². The highest BCUT2D eigenvalue weighted by atomic mass is 32.1. The number of H-pyrrole nitrogens is 1. The molecular formula is C17H20N4O2S. The lowest BCUT2D eigenvalue weighted by Gasteiger charge is -2.29. The van der Waals surface area contributed by atoms with Crippen LogP contribution in [0.2, 0.25) is 0 Å². The Kier molecular flexibility index (Phi) is 3.97. The molecule has 1 atom stereocenters. The average Bonchev–Trinajstić information content (AvgIpc) is 3.04. The second-order valence-corrected chi connectivity index (χ2v) is 7.48. The van der Waals surface area contributed by atoms with E-state index in [-0.39, 0.29) is 22.9 Å². The van der Waals surface area contributed by atoms with Gasteiger partial charge in [0.2, 0.25) is 0 Å². The number of aromatic nitrogens is 2. The number of hydrogen-bond acceptors (Lipinski definition) is 5. The van der Waals surface area contributed by atoms with Crippen molar-refractivity contribution in [2.24, 2.45) is 5.41 Å². The average molecular weight is 344 g/mol. The standard InChI is InChI=1S/C17H20N4O2S/c22-15-2-1-13(19-20-15)16(23)21(10-12-3-8-24-11-12)14-9-17(14)4-6-18-7-5-17/h1-3,8,11,14,18H,4-7,9-10H2,(H,20,22)/t14-/m0/s1. The highest BCUT2D eigenvalue weighted by molar-refractivity contribution is 7.07. The van der Waals surface area contributed by atoms with Crippen LogP contribution >= 0.6 is 11.3 Å². The molecule has 1 saturated heterocycles. The molecule has 1 spiro atoms. The fraction of sp³-hybridized carbons (Fsp3) is 0.471. The van der Waals surface area contributed by atoms with Crippen molar-refractivity contribution in [3.05, 3.63) is 50.6 Å². The molecule has 2 aromatic heterocycles. The maximum atomic E-state index is 13.0. The fourth-order valence-electron chi connectivity index (χ4n) is 3.74. The number of piperidine rings is 1. The maximum absolute atomic E-state index is 13.0. The zero-order valence-corrected chi connectivity index (χ0v) is 14.1. The zero-order valence-electron chi connectivity index (χ0n) is 13.3. The maximum Gasteiger partial charge on any atom is 0.274 e. The predicted molar refractivity (Wildman–Crippen MR) is 92.0 cm³/mol. The van der Waals surface area contributed by atoms with Crippen molar-refractivity contribution in [1.82, 2.24) is 20.4 Å². The van der Waals surface area contributed by atoms with Crippen LogP contribution in [0.5, 0.6) is 0 Å². The minimum atomic E-state index is -0.294.